The van der Waals surface area contributed by atoms with Crippen LogP contribution in [0.4, 0.5) is 4.39 Å². The Kier molecular flexibility index (Phi) is 5.76. The number of aryl methyl sites for hydroxylation is 1. The van der Waals surface area contributed by atoms with E-state index < -0.39 is 0 Å². The summed E-state index contributed by atoms with van der Waals surface area (Å²) in [5.41, 5.74) is 4.28. The van der Waals surface area contributed by atoms with Crippen molar-refractivity contribution in [1.29, 1.82) is 0 Å². The number of hydrogen-bond donors (Lipinski definition) is 1. The molecule has 5 rings (SSSR count). The minimum Gasteiger partial charge on any atom is -0.454 e. The fraction of sp³-hybridized carbons (Fsp3) is 0.154. The third-order valence-electron chi connectivity index (χ3n) is 5.46. The second-order valence-electron chi connectivity index (χ2n) is 7.76. The molecule has 7 heteroatoms. The van der Waals surface area contributed by atoms with Crippen LogP contribution in [0, 0.1) is 5.82 Å². The Labute approximate surface area is 190 Å². The Hall–Kier alpha value is -4.13. The highest BCUT2D eigenvalue weighted by molar-refractivity contribution is 5.77. The summed E-state index contributed by atoms with van der Waals surface area (Å²) >= 11 is 0. The topological polar surface area (TPSA) is 65.4 Å². The van der Waals surface area contributed by atoms with Gasteiger partial charge < -0.3 is 14.8 Å². The van der Waals surface area contributed by atoms with Gasteiger partial charge in [0.2, 0.25) is 12.7 Å². The Morgan fingerprint density at radius 3 is 2.70 bits per heavy atom. The fourth-order valence-corrected chi connectivity index (χ4v) is 3.78. The van der Waals surface area contributed by atoms with Crippen molar-refractivity contribution in [2.24, 2.45) is 0 Å². The van der Waals surface area contributed by atoms with Gasteiger partial charge in [0.05, 0.1) is 11.4 Å². The van der Waals surface area contributed by atoms with Crippen LogP contribution in [0.2, 0.25) is 0 Å². The van der Waals surface area contributed by atoms with Gasteiger partial charge in [-0.25, -0.2) is 9.07 Å². The number of nitrogens with zero attached hydrogens (tertiary/aromatic N) is 2. The Morgan fingerprint density at radius 2 is 1.85 bits per heavy atom. The number of halogens is 1. The predicted molar refractivity (Wildman–Crippen MR) is 122 cm³/mol. The smallest absolute Gasteiger partial charge is 0.231 e. The highest BCUT2D eigenvalue weighted by atomic mass is 19.1. The third kappa shape index (κ3) is 4.72. The number of nitrogens with one attached hydrogen (secondary N) is 1. The van der Waals surface area contributed by atoms with Crippen molar-refractivity contribution in [3.05, 3.63) is 95.9 Å². The van der Waals surface area contributed by atoms with Gasteiger partial charge in [-0.2, -0.15) is 5.10 Å². The molecule has 4 aromatic rings. The molecule has 0 spiro atoms. The molecule has 0 fully saturated rings. The van der Waals surface area contributed by atoms with E-state index in [1.807, 2.05) is 59.4 Å². The molecule has 0 atom stereocenters. The van der Waals surface area contributed by atoms with Crippen LogP contribution in [-0.2, 0) is 17.8 Å². The summed E-state index contributed by atoms with van der Waals surface area (Å²) in [5.74, 6) is 0.965. The molecule has 3 aromatic carbocycles. The lowest BCUT2D eigenvalue weighted by molar-refractivity contribution is -0.121. The lowest BCUT2D eigenvalue weighted by Gasteiger charge is -2.06. The number of amides is 1. The second kappa shape index (κ2) is 9.16. The summed E-state index contributed by atoms with van der Waals surface area (Å²) in [6.07, 6.45) is 2.74. The van der Waals surface area contributed by atoms with E-state index in [-0.39, 0.29) is 31.5 Å². The molecule has 1 aliphatic heterocycles. The molecule has 0 saturated heterocycles. The van der Waals surface area contributed by atoms with Gasteiger partial charge in [-0.1, -0.05) is 30.3 Å². The van der Waals surface area contributed by atoms with Crippen LogP contribution in [0.25, 0.3) is 16.9 Å². The molecule has 0 aliphatic carbocycles. The molecule has 166 valence electrons. The Bertz CT molecular complexity index is 1290. The van der Waals surface area contributed by atoms with E-state index >= 15 is 0 Å². The van der Waals surface area contributed by atoms with E-state index in [9.17, 15) is 9.18 Å². The first kappa shape index (κ1) is 20.8. The molecule has 1 N–H and O–H groups in total. The first-order valence-electron chi connectivity index (χ1n) is 10.7. The van der Waals surface area contributed by atoms with Crippen LogP contribution in [0.1, 0.15) is 17.5 Å². The second-order valence-corrected chi connectivity index (χ2v) is 7.76. The standard InChI is InChI=1S/C26H22FN3O3/c27-21-6-4-5-18(13-21)15-28-25(31)12-10-20-16-30(22-7-2-1-3-8-22)29-26(20)19-9-11-23-24(14-19)33-17-32-23/h1-9,11,13-14,16H,10,12,15,17H2,(H,28,31). The van der Waals surface area contributed by atoms with Gasteiger partial charge in [-0.05, 0) is 60.0 Å². The number of carbonyl (C=O) groups is 1. The maximum absolute atomic E-state index is 13.4. The molecule has 1 amide bonds. The highest BCUT2D eigenvalue weighted by Gasteiger charge is 2.18. The Morgan fingerprint density at radius 1 is 1.00 bits per heavy atom. The molecule has 0 saturated carbocycles. The SMILES string of the molecule is O=C(CCc1cn(-c2ccccc2)nc1-c1ccc2c(c1)OCO2)NCc1cccc(F)c1. The zero-order valence-electron chi connectivity index (χ0n) is 17.8. The van der Waals surface area contributed by atoms with Gasteiger partial charge in [-0.3, -0.25) is 4.79 Å². The quantitative estimate of drug-likeness (QED) is 0.451. The van der Waals surface area contributed by atoms with Crippen LogP contribution in [0.15, 0.2) is 79.0 Å². The van der Waals surface area contributed by atoms with Crippen LogP contribution >= 0.6 is 0 Å². The van der Waals surface area contributed by atoms with Gasteiger partial charge in [0.15, 0.2) is 11.5 Å². The summed E-state index contributed by atoms with van der Waals surface area (Å²) in [7, 11) is 0. The minimum absolute atomic E-state index is 0.108. The largest absolute Gasteiger partial charge is 0.454 e. The first-order chi connectivity index (χ1) is 16.2. The van der Waals surface area contributed by atoms with E-state index in [0.717, 1.165) is 28.1 Å². The van der Waals surface area contributed by atoms with Crippen molar-refractivity contribution in [1.82, 2.24) is 15.1 Å². The monoisotopic (exact) mass is 443 g/mol. The van der Waals surface area contributed by atoms with E-state index in [0.29, 0.717) is 17.9 Å². The molecule has 0 radical (unpaired) electrons. The number of aromatic nitrogens is 2. The highest BCUT2D eigenvalue weighted by Crippen LogP contribution is 2.36. The minimum atomic E-state index is -0.316. The maximum atomic E-state index is 13.4. The van der Waals surface area contributed by atoms with E-state index in [1.165, 1.54) is 12.1 Å². The predicted octanol–water partition coefficient (Wildman–Crippen LogP) is 4.66. The third-order valence-corrected chi connectivity index (χ3v) is 5.46. The maximum Gasteiger partial charge on any atom is 0.231 e. The molecule has 1 aliphatic rings. The molecular weight excluding hydrogens is 421 g/mol. The molecule has 33 heavy (non-hydrogen) atoms. The van der Waals surface area contributed by atoms with Crippen molar-refractivity contribution in [3.8, 4) is 28.4 Å². The van der Waals surface area contributed by atoms with Crippen LogP contribution < -0.4 is 14.8 Å². The van der Waals surface area contributed by atoms with Crippen LogP contribution in [0.5, 0.6) is 11.5 Å². The Balaban J connectivity index is 1.35. The van der Waals surface area contributed by atoms with E-state index in [4.69, 9.17) is 14.6 Å². The summed E-state index contributed by atoms with van der Waals surface area (Å²) in [4.78, 5) is 12.5. The van der Waals surface area contributed by atoms with Crippen LogP contribution in [-0.4, -0.2) is 22.5 Å². The van der Waals surface area contributed by atoms with E-state index in [1.54, 1.807) is 12.1 Å². The lowest BCUT2D eigenvalue weighted by Crippen LogP contribution is -2.23. The molecule has 0 unspecified atom stereocenters. The number of hydrogen-bond acceptors (Lipinski definition) is 4. The van der Waals surface area contributed by atoms with Crippen molar-refractivity contribution in [2.75, 3.05) is 6.79 Å². The molecule has 0 bridgehead atoms. The van der Waals surface area contributed by atoms with Crippen molar-refractivity contribution >= 4 is 5.91 Å². The summed E-state index contributed by atoms with van der Waals surface area (Å²) in [5, 5.41) is 7.66. The van der Waals surface area contributed by atoms with Gasteiger partial charge >= 0.3 is 0 Å². The number of ether oxygens (including phenoxy) is 2. The summed E-state index contributed by atoms with van der Waals surface area (Å²) in [6.45, 7) is 0.491. The lowest BCUT2D eigenvalue weighted by atomic mass is 10.0. The van der Waals surface area contributed by atoms with E-state index in [2.05, 4.69) is 5.32 Å². The molecule has 2 heterocycles. The average Bonchev–Trinajstić information content (AvgIpc) is 3.48. The number of fused-ring (bicyclic) bond motifs is 1. The zero-order valence-corrected chi connectivity index (χ0v) is 17.8. The fourth-order valence-electron chi connectivity index (χ4n) is 3.78. The van der Waals surface area contributed by atoms with Crippen LogP contribution in [0.3, 0.4) is 0 Å². The van der Waals surface area contributed by atoms with Gasteiger partial charge in [0.25, 0.3) is 0 Å². The van der Waals surface area contributed by atoms with Gasteiger partial charge in [-0.15, -0.1) is 0 Å². The molecule has 1 aromatic heterocycles. The average molecular weight is 443 g/mol. The molecule has 6 nitrogen and oxygen atoms in total. The first-order valence-corrected chi connectivity index (χ1v) is 10.7. The summed E-state index contributed by atoms with van der Waals surface area (Å²) < 4.78 is 26.1. The van der Waals surface area contributed by atoms with Crippen molar-refractivity contribution < 1.29 is 18.7 Å². The van der Waals surface area contributed by atoms with Gasteiger partial charge in [0, 0.05) is 24.7 Å². The number of rotatable bonds is 7. The normalized spacial score (nSPS) is 12.0. The number of para-hydroxylation sites is 1. The number of carbonyl (C=O) groups excluding carboxylic acids is 1. The van der Waals surface area contributed by atoms with Crippen molar-refractivity contribution in [3.63, 3.8) is 0 Å². The summed E-state index contributed by atoms with van der Waals surface area (Å²) in [6, 6.07) is 21.8. The van der Waals surface area contributed by atoms with Gasteiger partial charge in [0.1, 0.15) is 5.82 Å². The van der Waals surface area contributed by atoms with Crippen molar-refractivity contribution in [2.45, 2.75) is 19.4 Å². The number of benzene rings is 3. The molecular formula is C26H22FN3O3. The zero-order chi connectivity index (χ0) is 22.6.